The van der Waals surface area contributed by atoms with E-state index in [1.807, 2.05) is 30.3 Å². The molecule has 1 heterocycles. The third kappa shape index (κ3) is 4.78. The number of nitrogens with zero attached hydrogens (tertiary/aromatic N) is 2. The second-order valence-corrected chi connectivity index (χ2v) is 8.83. The molecule has 0 aliphatic carbocycles. The number of β-amino-alcohol motifs (C(OH)–C–C–N with tert-alkyl or cyclic N) is 1. The Morgan fingerprint density at radius 1 is 1.18 bits per heavy atom. The molecule has 3 aromatic carbocycles. The van der Waals surface area contributed by atoms with Crippen LogP contribution in [0.5, 0.6) is 5.75 Å². The quantitative estimate of drug-likeness (QED) is 0.560. The van der Waals surface area contributed by atoms with Crippen molar-refractivity contribution in [2.75, 3.05) is 26.3 Å². The first-order valence-corrected chi connectivity index (χ1v) is 11.3. The second-order valence-electron chi connectivity index (χ2n) is 8.02. The number of rotatable bonds is 5. The third-order valence-corrected chi connectivity index (χ3v) is 6.55. The van der Waals surface area contributed by atoms with Crippen LogP contribution in [0, 0.1) is 11.3 Å². The SMILES string of the molecule is N#Cc1cc2ccccc2c2c1OCC(O)CN(C[C@@H](CCO)c1ccc(Cl)c(Cl)c1)C2=O. The molecule has 0 radical (unpaired) electrons. The summed E-state index contributed by atoms with van der Waals surface area (Å²) in [5.74, 6) is -0.409. The zero-order chi connectivity index (χ0) is 23.5. The molecule has 1 aliphatic heterocycles. The van der Waals surface area contributed by atoms with Crippen LogP contribution in [0.4, 0.5) is 0 Å². The number of carbonyl (C=O) groups excluding carboxylic acids is 1. The maximum atomic E-state index is 13.8. The summed E-state index contributed by atoms with van der Waals surface area (Å²) in [6.45, 7) is 0.142. The van der Waals surface area contributed by atoms with Gasteiger partial charge in [-0.25, -0.2) is 0 Å². The van der Waals surface area contributed by atoms with Gasteiger partial charge in [0.15, 0.2) is 5.75 Å². The number of hydrogen-bond donors (Lipinski definition) is 2. The summed E-state index contributed by atoms with van der Waals surface area (Å²) in [6, 6.07) is 16.3. The maximum absolute atomic E-state index is 13.8. The number of hydrogen-bond acceptors (Lipinski definition) is 5. The monoisotopic (exact) mass is 484 g/mol. The van der Waals surface area contributed by atoms with Crippen LogP contribution in [-0.2, 0) is 0 Å². The molecule has 0 saturated carbocycles. The molecule has 0 saturated heterocycles. The molecule has 6 nitrogen and oxygen atoms in total. The molecule has 1 unspecified atom stereocenters. The van der Waals surface area contributed by atoms with Crippen molar-refractivity contribution in [2.45, 2.75) is 18.4 Å². The van der Waals surface area contributed by atoms with Crippen LogP contribution >= 0.6 is 23.2 Å². The van der Waals surface area contributed by atoms with Gasteiger partial charge in [0.2, 0.25) is 0 Å². The summed E-state index contributed by atoms with van der Waals surface area (Å²) in [5.41, 5.74) is 1.37. The molecule has 33 heavy (non-hydrogen) atoms. The molecular formula is C25H22Cl2N2O4. The highest BCUT2D eigenvalue weighted by atomic mass is 35.5. The molecule has 8 heteroatoms. The summed E-state index contributed by atoms with van der Waals surface area (Å²) in [4.78, 5) is 15.4. The summed E-state index contributed by atoms with van der Waals surface area (Å²) in [7, 11) is 0. The van der Waals surface area contributed by atoms with E-state index in [1.54, 1.807) is 23.1 Å². The number of benzene rings is 3. The van der Waals surface area contributed by atoms with Gasteiger partial charge in [0.05, 0.1) is 27.7 Å². The minimum atomic E-state index is -0.941. The van der Waals surface area contributed by atoms with Crippen molar-refractivity contribution >= 4 is 39.9 Å². The molecular weight excluding hydrogens is 463 g/mol. The Morgan fingerprint density at radius 2 is 1.97 bits per heavy atom. The Balaban J connectivity index is 1.79. The fraction of sp³-hybridized carbons (Fsp3) is 0.280. The molecule has 2 N–H and O–H groups in total. The molecule has 1 aliphatic rings. The summed E-state index contributed by atoms with van der Waals surface area (Å²) in [6.07, 6.45) is -0.552. The fourth-order valence-corrected chi connectivity index (χ4v) is 4.52. The van der Waals surface area contributed by atoms with Gasteiger partial charge in [-0.3, -0.25) is 4.79 Å². The fourth-order valence-electron chi connectivity index (χ4n) is 4.21. The topological polar surface area (TPSA) is 93.8 Å². The zero-order valence-electron chi connectivity index (χ0n) is 17.7. The standard InChI is InChI=1S/C25H22Cl2N2O4/c26-21-6-5-15(10-22(21)27)17(7-8-30)12-29-13-19(31)14-33-24-18(11-28)9-16-3-1-2-4-20(16)23(24)25(29)32/h1-6,9-10,17,19,30-31H,7-8,12-14H2/t17-,19?/m1/s1. The predicted octanol–water partition coefficient (Wildman–Crippen LogP) is 4.38. The van der Waals surface area contributed by atoms with E-state index in [-0.39, 0.29) is 49.4 Å². The summed E-state index contributed by atoms with van der Waals surface area (Å²) < 4.78 is 5.76. The number of ether oxygens (including phenoxy) is 1. The molecule has 170 valence electrons. The highest BCUT2D eigenvalue weighted by Gasteiger charge is 2.31. The van der Waals surface area contributed by atoms with Gasteiger partial charge in [0, 0.05) is 19.1 Å². The van der Waals surface area contributed by atoms with Crippen molar-refractivity contribution in [3.8, 4) is 11.8 Å². The van der Waals surface area contributed by atoms with Crippen LogP contribution in [0.1, 0.15) is 33.8 Å². The number of halogens is 2. The van der Waals surface area contributed by atoms with E-state index in [0.29, 0.717) is 27.4 Å². The van der Waals surface area contributed by atoms with Gasteiger partial charge in [-0.05, 0) is 41.0 Å². The molecule has 1 amide bonds. The van der Waals surface area contributed by atoms with Gasteiger partial charge < -0.3 is 19.8 Å². The van der Waals surface area contributed by atoms with Crippen molar-refractivity contribution in [1.82, 2.24) is 4.90 Å². The summed E-state index contributed by atoms with van der Waals surface area (Å²) in [5, 5.41) is 32.1. The molecule has 0 fully saturated rings. The van der Waals surface area contributed by atoms with Gasteiger partial charge >= 0.3 is 0 Å². The molecule has 3 aromatic rings. The minimum absolute atomic E-state index is 0.0482. The number of aliphatic hydroxyl groups is 2. The molecule has 4 rings (SSSR count). The largest absolute Gasteiger partial charge is 0.489 e. The average molecular weight is 485 g/mol. The number of carbonyl (C=O) groups is 1. The Kier molecular flexibility index (Phi) is 7.06. The zero-order valence-corrected chi connectivity index (χ0v) is 19.2. The van der Waals surface area contributed by atoms with Crippen LogP contribution in [0.3, 0.4) is 0 Å². The van der Waals surface area contributed by atoms with Crippen LogP contribution in [0.2, 0.25) is 10.0 Å². The summed E-state index contributed by atoms with van der Waals surface area (Å²) >= 11 is 12.3. The number of aliphatic hydroxyl groups excluding tert-OH is 2. The van der Waals surface area contributed by atoms with Crippen LogP contribution in [0.25, 0.3) is 10.8 Å². The van der Waals surface area contributed by atoms with Crippen molar-refractivity contribution in [1.29, 1.82) is 5.26 Å². The van der Waals surface area contributed by atoms with Crippen LogP contribution < -0.4 is 4.74 Å². The average Bonchev–Trinajstić information content (AvgIpc) is 2.81. The molecule has 0 aromatic heterocycles. The van der Waals surface area contributed by atoms with Crippen molar-refractivity contribution < 1.29 is 19.7 Å². The van der Waals surface area contributed by atoms with Gasteiger partial charge in [-0.2, -0.15) is 5.26 Å². The van der Waals surface area contributed by atoms with E-state index >= 15 is 0 Å². The number of amides is 1. The Labute approximate surface area is 201 Å². The molecule has 2 atom stereocenters. The minimum Gasteiger partial charge on any atom is -0.489 e. The Hall–Kier alpha value is -2.82. The first kappa shape index (κ1) is 23.3. The molecule has 0 spiro atoms. The van der Waals surface area contributed by atoms with Crippen LogP contribution in [-0.4, -0.2) is 53.4 Å². The lowest BCUT2D eigenvalue weighted by Gasteiger charge is -2.33. The first-order valence-electron chi connectivity index (χ1n) is 10.5. The second kappa shape index (κ2) is 9.98. The van der Waals surface area contributed by atoms with Crippen molar-refractivity contribution in [3.05, 3.63) is 75.3 Å². The van der Waals surface area contributed by atoms with Gasteiger partial charge in [-0.1, -0.05) is 53.5 Å². The maximum Gasteiger partial charge on any atom is 0.258 e. The Morgan fingerprint density at radius 3 is 2.70 bits per heavy atom. The van der Waals surface area contributed by atoms with E-state index in [0.717, 1.165) is 10.9 Å². The van der Waals surface area contributed by atoms with E-state index in [9.17, 15) is 20.3 Å². The Bertz CT molecular complexity index is 1240. The van der Waals surface area contributed by atoms with E-state index in [2.05, 4.69) is 6.07 Å². The van der Waals surface area contributed by atoms with E-state index in [4.69, 9.17) is 27.9 Å². The highest BCUT2D eigenvalue weighted by molar-refractivity contribution is 6.42. The lowest BCUT2D eigenvalue weighted by molar-refractivity contribution is 0.0420. The van der Waals surface area contributed by atoms with E-state index in [1.165, 1.54) is 0 Å². The lowest BCUT2D eigenvalue weighted by atomic mass is 9.93. The smallest absolute Gasteiger partial charge is 0.258 e. The van der Waals surface area contributed by atoms with Crippen LogP contribution in [0.15, 0.2) is 48.5 Å². The third-order valence-electron chi connectivity index (χ3n) is 5.81. The van der Waals surface area contributed by atoms with Gasteiger partial charge in [0.25, 0.3) is 5.91 Å². The van der Waals surface area contributed by atoms with E-state index < -0.39 is 6.10 Å². The normalized spacial score (nSPS) is 17.0. The highest BCUT2D eigenvalue weighted by Crippen LogP contribution is 2.35. The number of nitriles is 1. The van der Waals surface area contributed by atoms with Gasteiger partial charge in [0.1, 0.15) is 18.8 Å². The lowest BCUT2D eigenvalue weighted by Crippen LogP contribution is -2.44. The predicted molar refractivity (Wildman–Crippen MR) is 127 cm³/mol. The van der Waals surface area contributed by atoms with Crippen molar-refractivity contribution in [3.63, 3.8) is 0 Å². The van der Waals surface area contributed by atoms with Crippen molar-refractivity contribution in [2.24, 2.45) is 0 Å². The number of fused-ring (bicyclic) bond motifs is 3. The molecule has 0 bridgehead atoms. The van der Waals surface area contributed by atoms with Gasteiger partial charge in [-0.15, -0.1) is 0 Å². The first-order chi connectivity index (χ1) is 15.9.